The van der Waals surface area contributed by atoms with E-state index >= 15 is 0 Å². The van der Waals surface area contributed by atoms with Gasteiger partial charge in [-0.15, -0.1) is 12.4 Å². The third-order valence-electron chi connectivity index (χ3n) is 3.84. The van der Waals surface area contributed by atoms with Gasteiger partial charge >= 0.3 is 0 Å². The highest BCUT2D eigenvalue weighted by Crippen LogP contribution is 2.30. The number of sulfonamides is 1. The SMILES string of the molecule is CC1Cc2cc(S(=O)(=O)NC3CCNCC3)ccc2O1.Cl. The minimum absolute atomic E-state index is 0. The quantitative estimate of drug-likeness (QED) is 0.879. The standard InChI is InChI=1S/C14H20N2O3S.ClH/c1-10-8-11-9-13(2-3-14(11)19-10)20(17,18)16-12-4-6-15-7-5-12;/h2-3,9-10,12,15-16H,4-8H2,1H3;1H. The molecule has 1 unspecified atom stereocenters. The maximum absolute atomic E-state index is 12.4. The lowest BCUT2D eigenvalue weighted by molar-refractivity contribution is 0.254. The predicted octanol–water partition coefficient (Wildman–Crippen LogP) is 1.46. The third-order valence-corrected chi connectivity index (χ3v) is 5.36. The van der Waals surface area contributed by atoms with Crippen LogP contribution in [0.2, 0.25) is 0 Å². The number of hydrogen-bond donors (Lipinski definition) is 2. The van der Waals surface area contributed by atoms with Crippen molar-refractivity contribution >= 4 is 22.4 Å². The van der Waals surface area contributed by atoms with Crippen molar-refractivity contribution in [2.75, 3.05) is 13.1 Å². The van der Waals surface area contributed by atoms with Crippen LogP contribution in [-0.4, -0.2) is 33.7 Å². The summed E-state index contributed by atoms with van der Waals surface area (Å²) in [4.78, 5) is 0.340. The molecule has 1 atom stereocenters. The van der Waals surface area contributed by atoms with Crippen molar-refractivity contribution in [3.8, 4) is 5.75 Å². The van der Waals surface area contributed by atoms with Crippen LogP contribution in [0.1, 0.15) is 25.3 Å². The first-order valence-electron chi connectivity index (χ1n) is 7.07. The third kappa shape index (κ3) is 3.69. The molecule has 0 amide bonds. The number of benzene rings is 1. The van der Waals surface area contributed by atoms with Gasteiger partial charge in [0, 0.05) is 12.5 Å². The van der Waals surface area contributed by atoms with Crippen molar-refractivity contribution in [3.05, 3.63) is 23.8 Å². The maximum atomic E-state index is 12.4. The lowest BCUT2D eigenvalue weighted by Crippen LogP contribution is -2.42. The second-order valence-corrected chi connectivity index (χ2v) is 7.26. The van der Waals surface area contributed by atoms with Gasteiger partial charge in [-0.2, -0.15) is 0 Å². The van der Waals surface area contributed by atoms with Crippen molar-refractivity contribution < 1.29 is 13.2 Å². The molecule has 7 heteroatoms. The van der Waals surface area contributed by atoms with E-state index in [1.165, 1.54) is 0 Å². The Kier molecular flexibility index (Phi) is 5.14. The van der Waals surface area contributed by atoms with Gasteiger partial charge in [0.05, 0.1) is 4.90 Å². The van der Waals surface area contributed by atoms with Crippen LogP contribution in [0.5, 0.6) is 5.75 Å². The van der Waals surface area contributed by atoms with E-state index in [0.717, 1.165) is 43.7 Å². The molecule has 0 aliphatic carbocycles. The van der Waals surface area contributed by atoms with Crippen LogP contribution in [-0.2, 0) is 16.4 Å². The molecule has 1 saturated heterocycles. The monoisotopic (exact) mass is 332 g/mol. The van der Waals surface area contributed by atoms with Gasteiger partial charge in [-0.3, -0.25) is 0 Å². The lowest BCUT2D eigenvalue weighted by atomic mass is 10.1. The molecule has 0 aromatic heterocycles. The summed E-state index contributed by atoms with van der Waals surface area (Å²) in [5.41, 5.74) is 0.977. The van der Waals surface area contributed by atoms with E-state index in [9.17, 15) is 8.42 Å². The van der Waals surface area contributed by atoms with Gasteiger partial charge in [-0.1, -0.05) is 0 Å². The number of ether oxygens (including phenoxy) is 1. The Bertz CT molecular complexity index is 600. The Balaban J connectivity index is 0.00000161. The summed E-state index contributed by atoms with van der Waals surface area (Å²) in [5.74, 6) is 0.804. The molecule has 2 aliphatic heterocycles. The normalized spacial score (nSPS) is 22.2. The van der Waals surface area contributed by atoms with Crippen molar-refractivity contribution in [2.45, 2.75) is 43.2 Å². The largest absolute Gasteiger partial charge is 0.490 e. The van der Waals surface area contributed by atoms with Crippen molar-refractivity contribution in [2.24, 2.45) is 0 Å². The Morgan fingerprint density at radius 3 is 2.71 bits per heavy atom. The average molecular weight is 333 g/mol. The molecule has 3 rings (SSSR count). The highest BCUT2D eigenvalue weighted by molar-refractivity contribution is 7.89. The van der Waals surface area contributed by atoms with Crippen molar-refractivity contribution in [3.63, 3.8) is 0 Å². The predicted molar refractivity (Wildman–Crippen MR) is 83.7 cm³/mol. The molecule has 0 spiro atoms. The van der Waals surface area contributed by atoms with Gasteiger partial charge in [0.2, 0.25) is 10.0 Å². The van der Waals surface area contributed by atoms with Gasteiger partial charge in [-0.05, 0) is 56.6 Å². The molecule has 21 heavy (non-hydrogen) atoms. The number of piperidine rings is 1. The van der Waals surface area contributed by atoms with Gasteiger partial charge in [0.15, 0.2) is 0 Å². The first kappa shape index (κ1) is 16.5. The van der Waals surface area contributed by atoms with Crippen molar-refractivity contribution in [1.82, 2.24) is 10.0 Å². The molecule has 5 nitrogen and oxygen atoms in total. The average Bonchev–Trinajstić information content (AvgIpc) is 2.78. The summed E-state index contributed by atoms with van der Waals surface area (Å²) in [6, 6.07) is 5.16. The molecule has 1 aromatic carbocycles. The second-order valence-electron chi connectivity index (χ2n) is 5.55. The fourth-order valence-corrected chi connectivity index (χ4v) is 4.15. The first-order valence-corrected chi connectivity index (χ1v) is 8.55. The van der Waals surface area contributed by atoms with Crippen LogP contribution in [0.25, 0.3) is 0 Å². The number of rotatable bonds is 3. The summed E-state index contributed by atoms with van der Waals surface area (Å²) in [5, 5.41) is 3.23. The van der Waals surface area contributed by atoms with Gasteiger partial charge < -0.3 is 10.1 Å². The van der Waals surface area contributed by atoms with Gasteiger partial charge in [0.1, 0.15) is 11.9 Å². The lowest BCUT2D eigenvalue weighted by Gasteiger charge is -2.23. The van der Waals surface area contributed by atoms with E-state index in [2.05, 4.69) is 10.0 Å². The van der Waals surface area contributed by atoms with Crippen molar-refractivity contribution in [1.29, 1.82) is 0 Å². The second kappa shape index (κ2) is 6.52. The Hall–Kier alpha value is -0.820. The molecule has 118 valence electrons. The molecule has 1 fully saturated rings. The summed E-state index contributed by atoms with van der Waals surface area (Å²) in [6.45, 7) is 3.72. The highest BCUT2D eigenvalue weighted by Gasteiger charge is 2.25. The molecule has 1 aromatic rings. The van der Waals surface area contributed by atoms with E-state index in [1.54, 1.807) is 18.2 Å². The molecular formula is C14H21ClN2O3S. The zero-order valence-corrected chi connectivity index (χ0v) is 13.6. The molecule has 0 saturated carbocycles. The van der Waals surface area contributed by atoms with Crippen LogP contribution in [0, 0.1) is 0 Å². The molecule has 2 aliphatic rings. The van der Waals surface area contributed by atoms with Gasteiger partial charge in [-0.25, -0.2) is 13.1 Å². The minimum atomic E-state index is -3.43. The fraction of sp³-hybridized carbons (Fsp3) is 0.571. The number of hydrogen-bond acceptors (Lipinski definition) is 4. The van der Waals surface area contributed by atoms with E-state index in [1.807, 2.05) is 6.92 Å². The Morgan fingerprint density at radius 1 is 1.29 bits per heavy atom. The summed E-state index contributed by atoms with van der Waals surface area (Å²) in [7, 11) is -3.43. The number of nitrogens with one attached hydrogen (secondary N) is 2. The van der Waals surface area contributed by atoms with Gasteiger partial charge in [0.25, 0.3) is 0 Å². The summed E-state index contributed by atoms with van der Waals surface area (Å²) < 4.78 is 33.2. The zero-order chi connectivity index (χ0) is 14.2. The molecule has 0 bridgehead atoms. The minimum Gasteiger partial charge on any atom is -0.490 e. The first-order chi connectivity index (χ1) is 9.54. The van der Waals surface area contributed by atoms with Crippen LogP contribution in [0.4, 0.5) is 0 Å². The van der Waals surface area contributed by atoms with Crippen LogP contribution >= 0.6 is 12.4 Å². The van der Waals surface area contributed by atoms with Crippen LogP contribution in [0.15, 0.2) is 23.1 Å². The highest BCUT2D eigenvalue weighted by atomic mass is 35.5. The van der Waals surface area contributed by atoms with E-state index < -0.39 is 10.0 Å². The number of halogens is 1. The Labute approximate surface area is 131 Å². The zero-order valence-electron chi connectivity index (χ0n) is 12.0. The van der Waals surface area contributed by atoms with E-state index in [4.69, 9.17) is 4.74 Å². The molecule has 2 heterocycles. The molecular weight excluding hydrogens is 312 g/mol. The topological polar surface area (TPSA) is 67.4 Å². The summed E-state index contributed by atoms with van der Waals surface area (Å²) in [6.07, 6.45) is 2.57. The van der Waals surface area contributed by atoms with Crippen LogP contribution in [0.3, 0.4) is 0 Å². The maximum Gasteiger partial charge on any atom is 0.240 e. The molecule has 0 radical (unpaired) electrons. The molecule has 2 N–H and O–H groups in total. The summed E-state index contributed by atoms with van der Waals surface area (Å²) >= 11 is 0. The Morgan fingerprint density at radius 2 is 2.00 bits per heavy atom. The smallest absolute Gasteiger partial charge is 0.240 e. The number of fused-ring (bicyclic) bond motifs is 1. The van der Waals surface area contributed by atoms with Crippen LogP contribution < -0.4 is 14.8 Å². The van der Waals surface area contributed by atoms with E-state index in [0.29, 0.717) is 4.90 Å². The fourth-order valence-electron chi connectivity index (χ4n) is 2.79. The van der Waals surface area contributed by atoms with E-state index in [-0.39, 0.29) is 24.6 Å².